The highest BCUT2D eigenvalue weighted by Crippen LogP contribution is 2.19. The highest BCUT2D eigenvalue weighted by atomic mass is 16.3. The number of carbonyl (C=O) groups is 1. The van der Waals surface area contributed by atoms with Crippen LogP contribution in [0.5, 0.6) is 0 Å². The molecule has 0 aromatic heterocycles. The zero-order valence-electron chi connectivity index (χ0n) is 12.5. The molecule has 0 spiro atoms. The van der Waals surface area contributed by atoms with Crippen LogP contribution in [0.15, 0.2) is 54.6 Å². The summed E-state index contributed by atoms with van der Waals surface area (Å²) in [6.07, 6.45) is 0.597. The van der Waals surface area contributed by atoms with Crippen molar-refractivity contribution in [2.75, 3.05) is 6.54 Å². The van der Waals surface area contributed by atoms with E-state index < -0.39 is 5.60 Å². The third kappa shape index (κ3) is 4.17. The zero-order valence-corrected chi connectivity index (χ0v) is 12.5. The lowest BCUT2D eigenvalue weighted by molar-refractivity contribution is 0.0518. The minimum Gasteiger partial charge on any atom is -0.388 e. The maximum atomic E-state index is 12.0. The summed E-state index contributed by atoms with van der Waals surface area (Å²) in [5, 5.41) is 12.7. The SMILES string of the molecule is CCC(C)(O)CNC(=O)c1ccc(-c2ccccc2)cc1. The summed E-state index contributed by atoms with van der Waals surface area (Å²) in [6.45, 7) is 3.86. The monoisotopic (exact) mass is 283 g/mol. The van der Waals surface area contributed by atoms with Gasteiger partial charge in [0.25, 0.3) is 5.91 Å². The molecule has 3 nitrogen and oxygen atoms in total. The zero-order chi connectivity index (χ0) is 15.3. The van der Waals surface area contributed by atoms with Gasteiger partial charge >= 0.3 is 0 Å². The van der Waals surface area contributed by atoms with E-state index in [1.54, 1.807) is 19.1 Å². The molecular formula is C18H21NO2. The van der Waals surface area contributed by atoms with Crippen molar-refractivity contribution in [2.24, 2.45) is 0 Å². The lowest BCUT2D eigenvalue weighted by atomic mass is 10.0. The van der Waals surface area contributed by atoms with Crippen LogP contribution >= 0.6 is 0 Å². The van der Waals surface area contributed by atoms with E-state index in [0.717, 1.165) is 11.1 Å². The van der Waals surface area contributed by atoms with E-state index in [9.17, 15) is 9.90 Å². The number of hydrogen-bond acceptors (Lipinski definition) is 2. The van der Waals surface area contributed by atoms with Gasteiger partial charge < -0.3 is 10.4 Å². The average molecular weight is 283 g/mol. The van der Waals surface area contributed by atoms with Crippen LogP contribution in [0.25, 0.3) is 11.1 Å². The summed E-state index contributed by atoms with van der Waals surface area (Å²) < 4.78 is 0. The minimum absolute atomic E-state index is 0.164. The lowest BCUT2D eigenvalue weighted by Crippen LogP contribution is -2.40. The second-order valence-electron chi connectivity index (χ2n) is 5.48. The number of aliphatic hydroxyl groups is 1. The Labute approximate surface area is 125 Å². The van der Waals surface area contributed by atoms with Crippen molar-refractivity contribution in [3.05, 3.63) is 60.2 Å². The molecule has 0 radical (unpaired) electrons. The largest absolute Gasteiger partial charge is 0.388 e. The van der Waals surface area contributed by atoms with Gasteiger partial charge in [0.05, 0.1) is 5.60 Å². The van der Waals surface area contributed by atoms with Crippen LogP contribution in [-0.4, -0.2) is 23.2 Å². The van der Waals surface area contributed by atoms with E-state index >= 15 is 0 Å². The molecule has 0 aliphatic rings. The molecule has 0 fully saturated rings. The molecule has 1 atom stereocenters. The molecule has 2 aromatic rings. The highest BCUT2D eigenvalue weighted by Gasteiger charge is 2.18. The van der Waals surface area contributed by atoms with Crippen molar-refractivity contribution in [3.8, 4) is 11.1 Å². The van der Waals surface area contributed by atoms with Gasteiger partial charge in [-0.25, -0.2) is 0 Å². The average Bonchev–Trinajstić information content (AvgIpc) is 2.54. The Morgan fingerprint density at radius 3 is 2.19 bits per heavy atom. The molecule has 2 N–H and O–H groups in total. The van der Waals surface area contributed by atoms with Gasteiger partial charge in [-0.2, -0.15) is 0 Å². The maximum absolute atomic E-state index is 12.0. The molecule has 110 valence electrons. The van der Waals surface area contributed by atoms with Gasteiger partial charge in [-0.3, -0.25) is 4.79 Å². The van der Waals surface area contributed by atoms with Gasteiger partial charge in [0.15, 0.2) is 0 Å². The first-order chi connectivity index (χ1) is 10.0. The van der Waals surface area contributed by atoms with Crippen molar-refractivity contribution in [1.82, 2.24) is 5.32 Å². The van der Waals surface area contributed by atoms with E-state index in [4.69, 9.17) is 0 Å². The Morgan fingerprint density at radius 1 is 1.05 bits per heavy atom. The Kier molecular flexibility index (Phi) is 4.76. The first kappa shape index (κ1) is 15.3. The van der Waals surface area contributed by atoms with Crippen LogP contribution in [0, 0.1) is 0 Å². The fourth-order valence-electron chi connectivity index (χ4n) is 1.94. The Bertz CT molecular complexity index is 588. The Hall–Kier alpha value is -2.13. The molecule has 1 unspecified atom stereocenters. The predicted molar refractivity (Wildman–Crippen MR) is 85.1 cm³/mol. The number of hydrogen-bond donors (Lipinski definition) is 2. The van der Waals surface area contributed by atoms with Crippen molar-refractivity contribution >= 4 is 5.91 Å². The summed E-state index contributed by atoms with van der Waals surface area (Å²) in [5.74, 6) is -0.164. The minimum atomic E-state index is -0.861. The maximum Gasteiger partial charge on any atom is 0.251 e. The van der Waals surface area contributed by atoms with Crippen LogP contribution in [-0.2, 0) is 0 Å². The summed E-state index contributed by atoms with van der Waals surface area (Å²) in [4.78, 5) is 12.0. The molecule has 0 bridgehead atoms. The molecule has 1 amide bonds. The third-order valence-corrected chi connectivity index (χ3v) is 3.65. The number of carbonyl (C=O) groups excluding carboxylic acids is 1. The van der Waals surface area contributed by atoms with Crippen LogP contribution in [0.1, 0.15) is 30.6 Å². The molecule has 0 saturated carbocycles. The van der Waals surface area contributed by atoms with E-state index in [1.807, 2.05) is 49.4 Å². The predicted octanol–water partition coefficient (Wildman–Crippen LogP) is 3.24. The van der Waals surface area contributed by atoms with Crippen LogP contribution < -0.4 is 5.32 Å². The van der Waals surface area contributed by atoms with Crippen molar-refractivity contribution in [1.29, 1.82) is 0 Å². The molecule has 0 saturated heterocycles. The fraction of sp³-hybridized carbons (Fsp3) is 0.278. The smallest absolute Gasteiger partial charge is 0.251 e. The summed E-state index contributed by atoms with van der Waals surface area (Å²) >= 11 is 0. The number of nitrogens with one attached hydrogen (secondary N) is 1. The van der Waals surface area contributed by atoms with E-state index in [-0.39, 0.29) is 12.5 Å². The number of benzene rings is 2. The van der Waals surface area contributed by atoms with E-state index in [2.05, 4.69) is 5.32 Å². The van der Waals surface area contributed by atoms with Crippen LogP contribution in [0.4, 0.5) is 0 Å². The molecule has 3 heteroatoms. The first-order valence-corrected chi connectivity index (χ1v) is 7.18. The fourth-order valence-corrected chi connectivity index (χ4v) is 1.94. The molecule has 21 heavy (non-hydrogen) atoms. The third-order valence-electron chi connectivity index (χ3n) is 3.65. The van der Waals surface area contributed by atoms with Crippen LogP contribution in [0.2, 0.25) is 0 Å². The van der Waals surface area contributed by atoms with Crippen molar-refractivity contribution in [3.63, 3.8) is 0 Å². The van der Waals surface area contributed by atoms with Gasteiger partial charge in [-0.15, -0.1) is 0 Å². The second-order valence-corrected chi connectivity index (χ2v) is 5.48. The molecule has 2 rings (SSSR count). The quantitative estimate of drug-likeness (QED) is 0.885. The summed E-state index contributed by atoms with van der Waals surface area (Å²) in [5.41, 5.74) is 1.94. The van der Waals surface area contributed by atoms with Gasteiger partial charge in [-0.05, 0) is 36.6 Å². The molecule has 0 aliphatic carbocycles. The molecule has 2 aromatic carbocycles. The second kappa shape index (κ2) is 6.55. The van der Waals surface area contributed by atoms with Gasteiger partial charge in [0.2, 0.25) is 0 Å². The van der Waals surface area contributed by atoms with Crippen molar-refractivity contribution in [2.45, 2.75) is 25.9 Å². The molecule has 0 heterocycles. The van der Waals surface area contributed by atoms with Crippen LogP contribution in [0.3, 0.4) is 0 Å². The number of amides is 1. The summed E-state index contributed by atoms with van der Waals surface area (Å²) in [7, 11) is 0. The topological polar surface area (TPSA) is 49.3 Å². The van der Waals surface area contributed by atoms with Gasteiger partial charge in [0.1, 0.15) is 0 Å². The van der Waals surface area contributed by atoms with E-state index in [0.29, 0.717) is 12.0 Å². The van der Waals surface area contributed by atoms with E-state index in [1.165, 1.54) is 0 Å². The van der Waals surface area contributed by atoms with Gasteiger partial charge in [-0.1, -0.05) is 49.4 Å². The van der Waals surface area contributed by atoms with Crippen molar-refractivity contribution < 1.29 is 9.90 Å². The normalized spacial score (nSPS) is 13.5. The molecule has 0 aliphatic heterocycles. The summed E-state index contributed by atoms with van der Waals surface area (Å²) in [6, 6.07) is 17.5. The Balaban J connectivity index is 2.04. The standard InChI is InChI=1S/C18H21NO2/c1-3-18(2,21)13-19-17(20)16-11-9-15(10-12-16)14-7-5-4-6-8-14/h4-12,21H,3,13H2,1-2H3,(H,19,20). The lowest BCUT2D eigenvalue weighted by Gasteiger charge is -2.21. The number of rotatable bonds is 5. The van der Waals surface area contributed by atoms with Gasteiger partial charge in [0, 0.05) is 12.1 Å². The first-order valence-electron chi connectivity index (χ1n) is 7.18. The Morgan fingerprint density at radius 2 is 1.62 bits per heavy atom. The highest BCUT2D eigenvalue weighted by molar-refractivity contribution is 5.94. The molecular weight excluding hydrogens is 262 g/mol.